The zero-order valence-electron chi connectivity index (χ0n) is 9.79. The van der Waals surface area contributed by atoms with Gasteiger partial charge in [-0.1, -0.05) is 6.07 Å². The molecule has 0 saturated carbocycles. The summed E-state index contributed by atoms with van der Waals surface area (Å²) < 4.78 is 5.56. The SMILES string of the molecule is COc1c(-c2cc(N)n[nH]2)ccc2c1CCC2. The predicted molar refractivity (Wildman–Crippen MR) is 67.0 cm³/mol. The minimum Gasteiger partial charge on any atom is -0.496 e. The molecule has 0 atom stereocenters. The number of fused-ring (bicyclic) bond motifs is 1. The topological polar surface area (TPSA) is 63.9 Å². The summed E-state index contributed by atoms with van der Waals surface area (Å²) in [6, 6.07) is 6.09. The highest BCUT2D eigenvalue weighted by Crippen LogP contribution is 2.38. The molecule has 88 valence electrons. The normalized spacial score (nSPS) is 13.7. The number of H-pyrrole nitrogens is 1. The number of benzene rings is 1. The molecule has 4 nitrogen and oxygen atoms in total. The lowest BCUT2D eigenvalue weighted by molar-refractivity contribution is 0.412. The number of hydrogen-bond acceptors (Lipinski definition) is 3. The van der Waals surface area contributed by atoms with Crippen molar-refractivity contribution in [2.75, 3.05) is 12.8 Å². The molecule has 1 aliphatic rings. The van der Waals surface area contributed by atoms with Crippen LogP contribution in [0.2, 0.25) is 0 Å². The van der Waals surface area contributed by atoms with Crippen LogP contribution in [0.25, 0.3) is 11.3 Å². The maximum Gasteiger partial charge on any atom is 0.145 e. The van der Waals surface area contributed by atoms with Crippen molar-refractivity contribution in [1.82, 2.24) is 10.2 Å². The number of nitrogens with one attached hydrogen (secondary N) is 1. The second-order valence-electron chi connectivity index (χ2n) is 4.34. The van der Waals surface area contributed by atoms with Crippen molar-refractivity contribution in [3.05, 3.63) is 29.3 Å². The summed E-state index contributed by atoms with van der Waals surface area (Å²) in [6.07, 6.45) is 3.45. The first-order valence-electron chi connectivity index (χ1n) is 5.79. The van der Waals surface area contributed by atoms with Gasteiger partial charge in [-0.25, -0.2) is 0 Å². The molecule has 0 bridgehead atoms. The third-order valence-corrected chi connectivity index (χ3v) is 3.32. The van der Waals surface area contributed by atoms with Crippen molar-refractivity contribution in [3.63, 3.8) is 0 Å². The molecule has 0 unspecified atom stereocenters. The monoisotopic (exact) mass is 229 g/mol. The Kier molecular flexibility index (Phi) is 2.28. The molecule has 1 aromatic heterocycles. The van der Waals surface area contributed by atoms with E-state index in [-0.39, 0.29) is 0 Å². The molecule has 1 aromatic carbocycles. The zero-order valence-corrected chi connectivity index (χ0v) is 9.79. The third kappa shape index (κ3) is 1.56. The quantitative estimate of drug-likeness (QED) is 0.829. The van der Waals surface area contributed by atoms with Gasteiger partial charge >= 0.3 is 0 Å². The van der Waals surface area contributed by atoms with E-state index in [2.05, 4.69) is 22.3 Å². The first kappa shape index (κ1) is 10.2. The van der Waals surface area contributed by atoms with Crippen molar-refractivity contribution in [3.8, 4) is 17.0 Å². The van der Waals surface area contributed by atoms with Gasteiger partial charge in [0.05, 0.1) is 12.8 Å². The minimum absolute atomic E-state index is 0.502. The van der Waals surface area contributed by atoms with Crippen LogP contribution in [-0.2, 0) is 12.8 Å². The number of nitrogens with two attached hydrogens (primary N) is 1. The van der Waals surface area contributed by atoms with Gasteiger partial charge in [0.25, 0.3) is 0 Å². The lowest BCUT2D eigenvalue weighted by atomic mass is 10.0. The average molecular weight is 229 g/mol. The summed E-state index contributed by atoms with van der Waals surface area (Å²) >= 11 is 0. The van der Waals surface area contributed by atoms with E-state index in [4.69, 9.17) is 10.5 Å². The molecule has 0 radical (unpaired) electrons. The molecule has 0 saturated heterocycles. The lowest BCUT2D eigenvalue weighted by Crippen LogP contribution is -1.94. The number of nitrogens with zero attached hydrogens (tertiary/aromatic N) is 1. The van der Waals surface area contributed by atoms with E-state index in [0.29, 0.717) is 5.82 Å². The molecule has 0 aliphatic heterocycles. The van der Waals surface area contributed by atoms with Crippen LogP contribution in [-0.4, -0.2) is 17.3 Å². The Balaban J connectivity index is 2.17. The van der Waals surface area contributed by atoms with Crippen molar-refractivity contribution in [1.29, 1.82) is 0 Å². The summed E-state index contributed by atoms with van der Waals surface area (Å²) in [5, 5.41) is 6.89. The Morgan fingerprint density at radius 3 is 2.94 bits per heavy atom. The number of hydrogen-bond donors (Lipinski definition) is 2. The van der Waals surface area contributed by atoms with E-state index in [1.807, 2.05) is 6.07 Å². The number of methoxy groups -OCH3 is 1. The molecule has 4 heteroatoms. The largest absolute Gasteiger partial charge is 0.496 e. The van der Waals surface area contributed by atoms with Gasteiger partial charge in [0, 0.05) is 11.6 Å². The van der Waals surface area contributed by atoms with Crippen LogP contribution in [0.5, 0.6) is 5.75 Å². The van der Waals surface area contributed by atoms with Gasteiger partial charge in [0.2, 0.25) is 0 Å². The van der Waals surface area contributed by atoms with Crippen LogP contribution in [0.3, 0.4) is 0 Å². The number of aromatic nitrogens is 2. The van der Waals surface area contributed by atoms with Crippen LogP contribution >= 0.6 is 0 Å². The van der Waals surface area contributed by atoms with Crippen molar-refractivity contribution < 1.29 is 4.74 Å². The molecular formula is C13H15N3O. The number of anilines is 1. The number of aryl methyl sites for hydroxylation is 1. The molecule has 1 heterocycles. The van der Waals surface area contributed by atoms with E-state index in [0.717, 1.165) is 29.8 Å². The van der Waals surface area contributed by atoms with Crippen LogP contribution in [0.1, 0.15) is 17.5 Å². The van der Waals surface area contributed by atoms with E-state index in [9.17, 15) is 0 Å². The minimum atomic E-state index is 0.502. The van der Waals surface area contributed by atoms with Gasteiger partial charge in [0.15, 0.2) is 0 Å². The molecule has 2 aromatic rings. The lowest BCUT2D eigenvalue weighted by Gasteiger charge is -2.11. The fourth-order valence-electron chi connectivity index (χ4n) is 2.55. The number of aromatic amines is 1. The molecule has 0 fully saturated rings. The Bertz CT molecular complexity index is 560. The third-order valence-electron chi connectivity index (χ3n) is 3.32. The average Bonchev–Trinajstić information content (AvgIpc) is 2.95. The van der Waals surface area contributed by atoms with Crippen LogP contribution in [0, 0.1) is 0 Å². The maximum atomic E-state index is 5.64. The summed E-state index contributed by atoms with van der Waals surface area (Å²) in [6.45, 7) is 0. The Labute approximate surface area is 99.8 Å². The van der Waals surface area contributed by atoms with Gasteiger partial charge in [-0.2, -0.15) is 5.10 Å². The smallest absolute Gasteiger partial charge is 0.145 e. The Morgan fingerprint density at radius 2 is 2.24 bits per heavy atom. The fourth-order valence-corrected chi connectivity index (χ4v) is 2.55. The molecule has 17 heavy (non-hydrogen) atoms. The molecule has 0 spiro atoms. The van der Waals surface area contributed by atoms with Gasteiger partial charge in [-0.05, 0) is 36.5 Å². The van der Waals surface area contributed by atoms with E-state index >= 15 is 0 Å². The first-order valence-corrected chi connectivity index (χ1v) is 5.79. The molecule has 3 rings (SSSR count). The van der Waals surface area contributed by atoms with E-state index in [1.54, 1.807) is 7.11 Å². The van der Waals surface area contributed by atoms with E-state index in [1.165, 1.54) is 17.5 Å². The maximum absolute atomic E-state index is 5.64. The van der Waals surface area contributed by atoms with Crippen LogP contribution < -0.4 is 10.5 Å². The zero-order chi connectivity index (χ0) is 11.8. The molecule has 0 amide bonds. The first-order chi connectivity index (χ1) is 8.29. The van der Waals surface area contributed by atoms with Crippen molar-refractivity contribution in [2.24, 2.45) is 0 Å². The second-order valence-corrected chi connectivity index (χ2v) is 4.34. The summed E-state index contributed by atoms with van der Waals surface area (Å²) in [4.78, 5) is 0. The Morgan fingerprint density at radius 1 is 1.35 bits per heavy atom. The van der Waals surface area contributed by atoms with E-state index < -0.39 is 0 Å². The molecule has 1 aliphatic carbocycles. The standard InChI is InChI=1S/C13H15N3O/c1-17-13-9-4-2-3-8(9)5-6-10(13)11-7-12(14)16-15-11/h5-7H,2-4H2,1H3,(H3,14,15,16). The highest BCUT2D eigenvalue weighted by atomic mass is 16.5. The van der Waals surface area contributed by atoms with Gasteiger partial charge in [0.1, 0.15) is 11.6 Å². The van der Waals surface area contributed by atoms with Crippen LogP contribution in [0.15, 0.2) is 18.2 Å². The van der Waals surface area contributed by atoms with Crippen molar-refractivity contribution >= 4 is 5.82 Å². The summed E-state index contributed by atoms with van der Waals surface area (Å²) in [7, 11) is 1.72. The van der Waals surface area contributed by atoms with Gasteiger partial charge in [-0.3, -0.25) is 5.10 Å². The van der Waals surface area contributed by atoms with Gasteiger partial charge in [-0.15, -0.1) is 0 Å². The highest BCUT2D eigenvalue weighted by molar-refractivity contribution is 5.72. The number of rotatable bonds is 2. The fraction of sp³-hybridized carbons (Fsp3) is 0.308. The highest BCUT2D eigenvalue weighted by Gasteiger charge is 2.19. The number of ether oxygens (including phenoxy) is 1. The summed E-state index contributed by atoms with van der Waals surface area (Å²) in [5.74, 6) is 1.46. The number of nitrogen functional groups attached to an aromatic ring is 1. The summed E-state index contributed by atoms with van der Waals surface area (Å²) in [5.41, 5.74) is 10.3. The molecule has 3 N–H and O–H groups in total. The predicted octanol–water partition coefficient (Wildman–Crippen LogP) is 2.16. The molecular weight excluding hydrogens is 214 g/mol. The van der Waals surface area contributed by atoms with Crippen LogP contribution in [0.4, 0.5) is 5.82 Å². The Hall–Kier alpha value is -1.97. The van der Waals surface area contributed by atoms with Crippen molar-refractivity contribution in [2.45, 2.75) is 19.3 Å². The second kappa shape index (κ2) is 3.80. The van der Waals surface area contributed by atoms with Gasteiger partial charge < -0.3 is 10.5 Å².